The van der Waals surface area contributed by atoms with Crippen LogP contribution in [-0.2, 0) is 9.53 Å². The molecule has 2 heterocycles. The third-order valence-corrected chi connectivity index (χ3v) is 3.69. The minimum Gasteiger partial charge on any atom is -0.469 e. The number of halogens is 1. The molecule has 2 rings (SSSR count). The normalized spacial score (nSPS) is 18.7. The molecule has 0 N–H and O–H groups in total. The summed E-state index contributed by atoms with van der Waals surface area (Å²) < 4.78 is 4.69. The Morgan fingerprint density at radius 3 is 3.00 bits per heavy atom. The monoisotopic (exact) mass is 296 g/mol. The topological polar surface area (TPSA) is 59.5 Å². The average Bonchev–Trinajstić information content (AvgIpc) is 2.47. The van der Waals surface area contributed by atoms with Crippen molar-refractivity contribution < 1.29 is 14.3 Å². The summed E-state index contributed by atoms with van der Waals surface area (Å²) >= 11 is 5.89. The maximum atomic E-state index is 12.5. The number of carbonyl (C=O) groups excluding carboxylic acids is 2. The van der Waals surface area contributed by atoms with Crippen LogP contribution >= 0.6 is 11.6 Å². The smallest absolute Gasteiger partial charge is 0.307 e. The van der Waals surface area contributed by atoms with Gasteiger partial charge < -0.3 is 9.64 Å². The third kappa shape index (κ3) is 3.48. The summed E-state index contributed by atoms with van der Waals surface area (Å²) in [5, 5.41) is 0.477. The van der Waals surface area contributed by atoms with Crippen molar-refractivity contribution in [1.29, 1.82) is 0 Å². The Balaban J connectivity index is 2.15. The zero-order valence-corrected chi connectivity index (χ0v) is 12.1. The molecule has 108 valence electrons. The minimum atomic E-state index is -0.297. The van der Waals surface area contributed by atoms with Crippen molar-refractivity contribution in [3.63, 3.8) is 0 Å². The number of likely N-dealkylation sites (tertiary alicyclic amines) is 1. The number of carbonyl (C=O) groups is 2. The molecule has 0 aliphatic carbocycles. The number of hydrogen-bond donors (Lipinski definition) is 0. The van der Waals surface area contributed by atoms with Crippen molar-refractivity contribution in [3.8, 4) is 0 Å². The number of pyridine rings is 1. The molecule has 0 bridgehead atoms. The van der Waals surface area contributed by atoms with Gasteiger partial charge in [0, 0.05) is 23.8 Å². The van der Waals surface area contributed by atoms with E-state index in [0.717, 1.165) is 19.3 Å². The van der Waals surface area contributed by atoms with Crippen molar-refractivity contribution in [2.45, 2.75) is 31.7 Å². The molecule has 1 saturated heterocycles. The van der Waals surface area contributed by atoms with Crippen molar-refractivity contribution in [3.05, 3.63) is 29.0 Å². The van der Waals surface area contributed by atoms with Crippen LogP contribution in [0.25, 0.3) is 0 Å². The number of rotatable bonds is 3. The van der Waals surface area contributed by atoms with Crippen LogP contribution in [-0.4, -0.2) is 41.5 Å². The van der Waals surface area contributed by atoms with E-state index in [-0.39, 0.29) is 24.3 Å². The Kier molecular flexibility index (Phi) is 4.95. The summed E-state index contributed by atoms with van der Waals surface area (Å²) in [5.74, 6) is -0.477. The van der Waals surface area contributed by atoms with Crippen LogP contribution in [0.5, 0.6) is 0 Å². The van der Waals surface area contributed by atoms with Crippen molar-refractivity contribution >= 4 is 23.5 Å². The molecule has 5 nitrogen and oxygen atoms in total. The van der Waals surface area contributed by atoms with Gasteiger partial charge >= 0.3 is 5.97 Å². The van der Waals surface area contributed by atoms with Crippen LogP contribution in [0.1, 0.15) is 36.2 Å². The molecule has 1 aromatic rings. The SMILES string of the molecule is COC(=O)C[C@H]1CCCCN1C(=O)c1cc(Cl)ccn1. The largest absolute Gasteiger partial charge is 0.469 e. The van der Waals surface area contributed by atoms with Gasteiger partial charge in [-0.15, -0.1) is 0 Å². The average molecular weight is 297 g/mol. The first kappa shape index (κ1) is 14.8. The van der Waals surface area contributed by atoms with E-state index in [9.17, 15) is 9.59 Å². The van der Waals surface area contributed by atoms with Gasteiger partial charge in [0.15, 0.2) is 0 Å². The summed E-state index contributed by atoms with van der Waals surface area (Å²) in [7, 11) is 1.36. The van der Waals surface area contributed by atoms with E-state index < -0.39 is 0 Å². The van der Waals surface area contributed by atoms with Gasteiger partial charge in [-0.3, -0.25) is 14.6 Å². The van der Waals surface area contributed by atoms with Gasteiger partial charge in [0.05, 0.1) is 13.5 Å². The predicted molar refractivity (Wildman–Crippen MR) is 74.6 cm³/mol. The highest BCUT2D eigenvalue weighted by molar-refractivity contribution is 6.30. The van der Waals surface area contributed by atoms with E-state index in [4.69, 9.17) is 16.3 Å². The van der Waals surface area contributed by atoms with Gasteiger partial charge in [-0.2, -0.15) is 0 Å². The predicted octanol–water partition coefficient (Wildman–Crippen LogP) is 2.29. The molecule has 1 fully saturated rings. The standard InChI is InChI=1S/C14H17ClN2O3/c1-20-13(18)9-11-4-2-3-7-17(11)14(19)12-8-10(15)5-6-16-12/h5-6,8,11H,2-4,7,9H2,1H3/t11-/m1/s1. The van der Waals surface area contributed by atoms with E-state index in [1.165, 1.54) is 13.3 Å². The zero-order valence-electron chi connectivity index (χ0n) is 11.3. The molecule has 1 aliphatic rings. The van der Waals surface area contributed by atoms with E-state index in [1.54, 1.807) is 17.0 Å². The number of ether oxygens (including phenoxy) is 1. The van der Waals surface area contributed by atoms with Gasteiger partial charge in [0.25, 0.3) is 5.91 Å². The number of methoxy groups -OCH3 is 1. The molecule has 1 amide bonds. The van der Waals surface area contributed by atoms with Gasteiger partial charge in [0.2, 0.25) is 0 Å². The summed E-state index contributed by atoms with van der Waals surface area (Å²) in [5.41, 5.74) is 0.314. The summed E-state index contributed by atoms with van der Waals surface area (Å²) in [6, 6.07) is 3.05. The fourth-order valence-electron chi connectivity index (χ4n) is 2.42. The van der Waals surface area contributed by atoms with E-state index >= 15 is 0 Å². The maximum Gasteiger partial charge on any atom is 0.307 e. The molecule has 20 heavy (non-hydrogen) atoms. The maximum absolute atomic E-state index is 12.5. The molecule has 6 heteroatoms. The van der Waals surface area contributed by atoms with Crippen LogP contribution in [0.15, 0.2) is 18.3 Å². The number of piperidine rings is 1. The molecular weight excluding hydrogens is 280 g/mol. The third-order valence-electron chi connectivity index (χ3n) is 3.46. The molecule has 1 atom stereocenters. The quantitative estimate of drug-likeness (QED) is 0.803. The van der Waals surface area contributed by atoms with Crippen LogP contribution in [0.4, 0.5) is 0 Å². The zero-order chi connectivity index (χ0) is 14.5. The van der Waals surface area contributed by atoms with Crippen molar-refractivity contribution in [1.82, 2.24) is 9.88 Å². The Bertz CT molecular complexity index is 507. The van der Waals surface area contributed by atoms with E-state index in [1.807, 2.05) is 0 Å². The lowest BCUT2D eigenvalue weighted by Gasteiger charge is -2.35. The number of hydrogen-bond acceptors (Lipinski definition) is 4. The molecule has 1 aromatic heterocycles. The highest BCUT2D eigenvalue weighted by Crippen LogP contribution is 2.22. The number of aromatic nitrogens is 1. The minimum absolute atomic E-state index is 0.121. The molecule has 1 aliphatic heterocycles. The molecule has 0 aromatic carbocycles. The fourth-order valence-corrected chi connectivity index (χ4v) is 2.58. The van der Waals surface area contributed by atoms with Crippen LogP contribution in [0.3, 0.4) is 0 Å². The Morgan fingerprint density at radius 1 is 1.50 bits per heavy atom. The van der Waals surface area contributed by atoms with Gasteiger partial charge in [-0.25, -0.2) is 0 Å². The highest BCUT2D eigenvalue weighted by Gasteiger charge is 2.30. The fraction of sp³-hybridized carbons (Fsp3) is 0.500. The van der Waals surface area contributed by atoms with Crippen molar-refractivity contribution in [2.75, 3.05) is 13.7 Å². The first-order chi connectivity index (χ1) is 9.61. The van der Waals surface area contributed by atoms with Gasteiger partial charge in [-0.05, 0) is 31.4 Å². The van der Waals surface area contributed by atoms with Crippen LogP contribution in [0.2, 0.25) is 5.02 Å². The number of amides is 1. The summed E-state index contributed by atoms with van der Waals surface area (Å²) in [6.07, 6.45) is 4.48. The second-order valence-electron chi connectivity index (χ2n) is 4.79. The molecule has 0 spiro atoms. The summed E-state index contributed by atoms with van der Waals surface area (Å²) in [4.78, 5) is 29.7. The Labute approximate surface area is 122 Å². The van der Waals surface area contributed by atoms with Crippen LogP contribution in [0, 0.1) is 0 Å². The Morgan fingerprint density at radius 2 is 2.30 bits per heavy atom. The lowest BCUT2D eigenvalue weighted by atomic mass is 9.99. The van der Waals surface area contributed by atoms with E-state index in [2.05, 4.69) is 4.98 Å². The second-order valence-corrected chi connectivity index (χ2v) is 5.22. The van der Waals surface area contributed by atoms with Crippen LogP contribution < -0.4 is 0 Å². The number of nitrogens with zero attached hydrogens (tertiary/aromatic N) is 2. The molecule has 0 radical (unpaired) electrons. The second kappa shape index (κ2) is 6.70. The first-order valence-electron chi connectivity index (χ1n) is 6.61. The van der Waals surface area contributed by atoms with Gasteiger partial charge in [-0.1, -0.05) is 11.6 Å². The molecular formula is C14H17ClN2O3. The van der Waals surface area contributed by atoms with Gasteiger partial charge in [0.1, 0.15) is 5.69 Å². The summed E-state index contributed by atoms with van der Waals surface area (Å²) in [6.45, 7) is 0.634. The first-order valence-corrected chi connectivity index (χ1v) is 6.99. The molecule has 0 saturated carbocycles. The van der Waals surface area contributed by atoms with E-state index in [0.29, 0.717) is 17.3 Å². The lowest BCUT2D eigenvalue weighted by molar-refractivity contribution is -0.142. The molecule has 0 unspecified atom stereocenters. The Hall–Kier alpha value is -1.62. The highest BCUT2D eigenvalue weighted by atomic mass is 35.5. The number of esters is 1. The lowest BCUT2D eigenvalue weighted by Crippen LogP contribution is -2.45. The van der Waals surface area contributed by atoms with Crippen molar-refractivity contribution in [2.24, 2.45) is 0 Å².